The van der Waals surface area contributed by atoms with Crippen LogP contribution in [0.25, 0.3) is 0 Å². The van der Waals surface area contributed by atoms with Crippen LogP contribution in [0.4, 0.5) is 0 Å². The Balaban J connectivity index is 2.63. The first-order valence-electron chi connectivity index (χ1n) is 6.88. The van der Waals surface area contributed by atoms with Gasteiger partial charge in [-0.1, -0.05) is 34.6 Å². The maximum Gasteiger partial charge on any atom is 0.322 e. The van der Waals surface area contributed by atoms with Crippen molar-refractivity contribution >= 4 is 5.97 Å². The molecule has 0 radical (unpaired) electrons. The molecule has 6 nitrogen and oxygen atoms in total. The number of nitrogens with zero attached hydrogens (tertiary/aromatic N) is 2. The van der Waals surface area contributed by atoms with Crippen LogP contribution in [0.15, 0.2) is 4.42 Å². The Morgan fingerprint density at radius 3 is 2.45 bits per heavy atom. The first-order valence-corrected chi connectivity index (χ1v) is 6.88. The topological polar surface area (TPSA) is 77.2 Å². The van der Waals surface area contributed by atoms with Gasteiger partial charge in [-0.15, -0.1) is 10.2 Å². The van der Waals surface area contributed by atoms with E-state index in [0.29, 0.717) is 30.7 Å². The third-order valence-corrected chi connectivity index (χ3v) is 2.80. The van der Waals surface area contributed by atoms with Crippen molar-refractivity contribution in [3.05, 3.63) is 11.8 Å². The van der Waals surface area contributed by atoms with Crippen LogP contribution >= 0.6 is 0 Å². The van der Waals surface area contributed by atoms with Crippen molar-refractivity contribution in [1.29, 1.82) is 0 Å². The lowest BCUT2D eigenvalue weighted by molar-refractivity contribution is -0.143. The van der Waals surface area contributed by atoms with Crippen molar-refractivity contribution in [3.8, 4) is 0 Å². The molecule has 1 aromatic rings. The minimum absolute atomic E-state index is 0.176. The number of hydrogen-bond donors (Lipinski definition) is 1. The normalized spacial score (nSPS) is 13.6. The van der Waals surface area contributed by atoms with Crippen molar-refractivity contribution in [2.45, 2.75) is 59.0 Å². The third-order valence-electron chi connectivity index (χ3n) is 2.80. The van der Waals surface area contributed by atoms with Gasteiger partial charge in [0.1, 0.15) is 6.04 Å². The fourth-order valence-electron chi connectivity index (χ4n) is 1.72. The second-order valence-electron chi connectivity index (χ2n) is 6.34. The Bertz CT molecular complexity index is 435. The van der Waals surface area contributed by atoms with Crippen LogP contribution in [0.5, 0.6) is 0 Å². The first-order chi connectivity index (χ1) is 9.24. The smallest absolute Gasteiger partial charge is 0.322 e. The van der Waals surface area contributed by atoms with Crippen molar-refractivity contribution in [1.82, 2.24) is 15.5 Å². The molecule has 0 aliphatic carbocycles. The number of carbonyl (C=O) groups is 1. The second kappa shape index (κ2) is 6.83. The molecule has 0 saturated heterocycles. The zero-order chi connectivity index (χ0) is 15.3. The minimum atomic E-state index is -0.356. The van der Waals surface area contributed by atoms with Gasteiger partial charge in [0, 0.05) is 5.41 Å². The highest BCUT2D eigenvalue weighted by Gasteiger charge is 2.23. The highest BCUT2D eigenvalue weighted by Crippen LogP contribution is 2.20. The number of aromatic nitrogens is 2. The van der Waals surface area contributed by atoms with Crippen molar-refractivity contribution in [2.24, 2.45) is 5.92 Å². The summed E-state index contributed by atoms with van der Waals surface area (Å²) in [7, 11) is 1.39. The predicted octanol–water partition coefficient (Wildman–Crippen LogP) is 2.04. The molecular formula is C14H25N3O3. The molecule has 1 aromatic heterocycles. The van der Waals surface area contributed by atoms with Crippen LogP contribution in [0.2, 0.25) is 0 Å². The van der Waals surface area contributed by atoms with Crippen molar-refractivity contribution < 1.29 is 13.9 Å². The summed E-state index contributed by atoms with van der Waals surface area (Å²) in [6.45, 7) is 10.5. The van der Waals surface area contributed by atoms with Gasteiger partial charge in [-0.25, -0.2) is 0 Å². The lowest BCUT2D eigenvalue weighted by atomic mass is 9.97. The highest BCUT2D eigenvalue weighted by molar-refractivity contribution is 5.75. The quantitative estimate of drug-likeness (QED) is 0.805. The van der Waals surface area contributed by atoms with E-state index in [9.17, 15) is 4.79 Å². The van der Waals surface area contributed by atoms with Crippen molar-refractivity contribution in [2.75, 3.05) is 7.11 Å². The molecule has 0 aromatic carbocycles. The van der Waals surface area contributed by atoms with Crippen LogP contribution in [0, 0.1) is 5.92 Å². The molecule has 1 N–H and O–H groups in total. The summed E-state index contributed by atoms with van der Waals surface area (Å²) in [5.41, 5.74) is -0.176. The van der Waals surface area contributed by atoms with Gasteiger partial charge >= 0.3 is 5.97 Å². The second-order valence-corrected chi connectivity index (χ2v) is 6.34. The Labute approximate surface area is 120 Å². The third kappa shape index (κ3) is 4.92. The van der Waals surface area contributed by atoms with E-state index in [4.69, 9.17) is 9.15 Å². The number of methoxy groups -OCH3 is 1. The molecule has 0 spiro atoms. The van der Waals surface area contributed by atoms with Gasteiger partial charge in [-0.05, 0) is 12.3 Å². The Morgan fingerprint density at radius 2 is 2.00 bits per heavy atom. The van der Waals surface area contributed by atoms with Crippen molar-refractivity contribution in [3.63, 3.8) is 0 Å². The Kier molecular flexibility index (Phi) is 5.68. The van der Waals surface area contributed by atoms with Gasteiger partial charge in [0.25, 0.3) is 0 Å². The number of ether oxygens (including phenoxy) is 1. The number of esters is 1. The molecule has 1 heterocycles. The summed E-state index contributed by atoms with van der Waals surface area (Å²) in [5, 5.41) is 11.1. The van der Waals surface area contributed by atoms with E-state index in [1.54, 1.807) is 0 Å². The summed E-state index contributed by atoms with van der Waals surface area (Å²) < 4.78 is 10.4. The SMILES string of the molecule is COC(=O)C(CC(C)C)NCc1nnc(C(C)(C)C)o1. The maximum atomic E-state index is 11.7. The highest BCUT2D eigenvalue weighted by atomic mass is 16.5. The average Bonchev–Trinajstić information content (AvgIpc) is 2.81. The minimum Gasteiger partial charge on any atom is -0.468 e. The molecule has 0 bridgehead atoms. The van der Waals surface area contributed by atoms with Crippen LogP contribution in [-0.4, -0.2) is 29.3 Å². The fourth-order valence-corrected chi connectivity index (χ4v) is 1.72. The first kappa shape index (κ1) is 16.6. The molecule has 1 rings (SSSR count). The van der Waals surface area contributed by atoms with E-state index in [1.165, 1.54) is 7.11 Å². The number of hydrogen-bond acceptors (Lipinski definition) is 6. The standard InChI is InChI=1S/C14H25N3O3/c1-9(2)7-10(12(18)19-6)15-8-11-16-17-13(20-11)14(3,4)5/h9-10,15H,7-8H2,1-6H3. The molecule has 0 saturated carbocycles. The molecule has 114 valence electrons. The van der Waals surface area contributed by atoms with E-state index in [0.717, 1.165) is 0 Å². The molecule has 0 fully saturated rings. The van der Waals surface area contributed by atoms with Crippen LogP contribution in [-0.2, 0) is 21.5 Å². The van der Waals surface area contributed by atoms with Crippen LogP contribution in [0.3, 0.4) is 0 Å². The molecule has 1 atom stereocenters. The summed E-state index contributed by atoms with van der Waals surface area (Å²) >= 11 is 0. The molecule has 0 aliphatic heterocycles. The van der Waals surface area contributed by atoms with E-state index >= 15 is 0 Å². The zero-order valence-corrected chi connectivity index (χ0v) is 13.2. The molecule has 6 heteroatoms. The molecule has 0 aliphatic rings. The van der Waals surface area contributed by atoms with Gasteiger partial charge in [-0.3, -0.25) is 10.1 Å². The largest absolute Gasteiger partial charge is 0.468 e. The number of rotatable bonds is 6. The van der Waals surface area contributed by atoms with Gasteiger partial charge in [-0.2, -0.15) is 0 Å². The lowest BCUT2D eigenvalue weighted by Gasteiger charge is -2.17. The molecule has 20 heavy (non-hydrogen) atoms. The summed E-state index contributed by atoms with van der Waals surface area (Å²) in [6, 6.07) is -0.356. The van der Waals surface area contributed by atoms with Gasteiger partial charge in [0.15, 0.2) is 0 Å². The van der Waals surface area contributed by atoms with Gasteiger partial charge in [0.05, 0.1) is 13.7 Å². The monoisotopic (exact) mass is 283 g/mol. The summed E-state index contributed by atoms with van der Waals surface area (Å²) in [4.78, 5) is 11.7. The van der Waals surface area contributed by atoms with Gasteiger partial charge in [0.2, 0.25) is 11.8 Å². The fraction of sp³-hybridized carbons (Fsp3) is 0.786. The summed E-state index contributed by atoms with van der Waals surface area (Å²) in [5.74, 6) is 1.19. The van der Waals surface area contributed by atoms with Gasteiger partial charge < -0.3 is 9.15 Å². The van der Waals surface area contributed by atoms with E-state index in [1.807, 2.05) is 20.8 Å². The number of carbonyl (C=O) groups excluding carboxylic acids is 1. The average molecular weight is 283 g/mol. The van der Waals surface area contributed by atoms with E-state index in [-0.39, 0.29) is 17.4 Å². The van der Waals surface area contributed by atoms with Crippen LogP contribution in [0.1, 0.15) is 52.8 Å². The predicted molar refractivity (Wildman–Crippen MR) is 75.1 cm³/mol. The maximum absolute atomic E-state index is 11.7. The molecule has 1 unspecified atom stereocenters. The van der Waals surface area contributed by atoms with E-state index < -0.39 is 0 Å². The summed E-state index contributed by atoms with van der Waals surface area (Å²) in [6.07, 6.45) is 0.701. The van der Waals surface area contributed by atoms with Crippen LogP contribution < -0.4 is 5.32 Å². The molecule has 0 amide bonds. The Hall–Kier alpha value is -1.43. The number of nitrogens with one attached hydrogen (secondary N) is 1. The van der Waals surface area contributed by atoms with E-state index in [2.05, 4.69) is 29.4 Å². The molecular weight excluding hydrogens is 258 g/mol. The lowest BCUT2D eigenvalue weighted by Crippen LogP contribution is -2.38. The Morgan fingerprint density at radius 1 is 1.35 bits per heavy atom. The zero-order valence-electron chi connectivity index (χ0n) is 13.2.